The van der Waals surface area contributed by atoms with E-state index < -0.39 is 29.6 Å². The molecule has 6 rings (SSSR count). The summed E-state index contributed by atoms with van der Waals surface area (Å²) in [7, 11) is 0. The molecule has 2 atom stereocenters. The summed E-state index contributed by atoms with van der Waals surface area (Å²) >= 11 is 0. The first-order valence-corrected chi connectivity index (χ1v) is 8.71. The fourth-order valence-corrected chi connectivity index (χ4v) is 4.20. The summed E-state index contributed by atoms with van der Waals surface area (Å²) in [5, 5.41) is 12.2. The first kappa shape index (κ1) is 16.6. The van der Waals surface area contributed by atoms with E-state index in [9.17, 15) is 23.5 Å². The van der Waals surface area contributed by atoms with Gasteiger partial charge in [-0.2, -0.15) is 0 Å². The summed E-state index contributed by atoms with van der Waals surface area (Å²) in [5.41, 5.74) is 4.09. The molecular formula is C22H13F2NO3. The maximum Gasteiger partial charge on any atom is 0.335 e. The maximum atomic E-state index is 14.2. The highest BCUT2D eigenvalue weighted by Gasteiger charge is 2.42. The van der Waals surface area contributed by atoms with Gasteiger partial charge in [0.15, 0.2) is 0 Å². The zero-order valence-electron chi connectivity index (χ0n) is 14.4. The predicted octanol–water partition coefficient (Wildman–Crippen LogP) is 3.99. The number of halogens is 2. The molecule has 2 unspecified atom stereocenters. The van der Waals surface area contributed by atoms with Gasteiger partial charge in [-0.25, -0.2) is 13.6 Å². The number of hydrogen-bond donors (Lipinski definition) is 2. The second kappa shape index (κ2) is 5.73. The van der Waals surface area contributed by atoms with E-state index in [0.29, 0.717) is 5.56 Å². The van der Waals surface area contributed by atoms with Crippen LogP contribution in [0.1, 0.15) is 44.6 Å². The van der Waals surface area contributed by atoms with Crippen molar-refractivity contribution in [2.45, 2.75) is 12.0 Å². The molecule has 2 aliphatic heterocycles. The number of fused-ring (bicyclic) bond motifs is 1. The number of benzene rings is 3. The van der Waals surface area contributed by atoms with E-state index in [0.717, 1.165) is 28.3 Å². The van der Waals surface area contributed by atoms with Crippen LogP contribution in [0, 0.1) is 11.6 Å². The lowest BCUT2D eigenvalue weighted by atomic mass is 9.70. The minimum atomic E-state index is -1.04. The van der Waals surface area contributed by atoms with Gasteiger partial charge in [0.25, 0.3) is 0 Å². The number of carbonyl (C=O) groups is 2. The summed E-state index contributed by atoms with van der Waals surface area (Å²) in [5.74, 6) is -3.05. The third-order valence-corrected chi connectivity index (χ3v) is 5.46. The number of rotatable bonds is 2. The molecular weight excluding hydrogens is 364 g/mol. The molecule has 3 aromatic rings. The minimum absolute atomic E-state index is 0.142. The van der Waals surface area contributed by atoms with Crippen LogP contribution in [0.5, 0.6) is 0 Å². The van der Waals surface area contributed by atoms with E-state index >= 15 is 0 Å². The van der Waals surface area contributed by atoms with E-state index in [1.54, 1.807) is 30.3 Å². The number of carboxylic acids is 1. The van der Waals surface area contributed by atoms with Crippen molar-refractivity contribution in [3.63, 3.8) is 0 Å². The Hall–Kier alpha value is -3.54. The second-order valence-electron chi connectivity index (χ2n) is 6.99. The Bertz CT molecular complexity index is 1190. The molecule has 2 N–H and O–H groups in total. The topological polar surface area (TPSA) is 66.4 Å². The van der Waals surface area contributed by atoms with Gasteiger partial charge in [-0.15, -0.1) is 0 Å². The van der Waals surface area contributed by atoms with Crippen molar-refractivity contribution in [1.29, 1.82) is 0 Å². The van der Waals surface area contributed by atoms with Crippen molar-refractivity contribution in [1.82, 2.24) is 5.32 Å². The summed E-state index contributed by atoms with van der Waals surface area (Å²) in [6.07, 6.45) is 0. The Morgan fingerprint density at radius 2 is 1.61 bits per heavy atom. The molecule has 2 heterocycles. The summed E-state index contributed by atoms with van der Waals surface area (Å²) in [6.45, 7) is 0. The van der Waals surface area contributed by atoms with Crippen molar-refractivity contribution in [3.05, 3.63) is 94.0 Å². The lowest BCUT2D eigenvalue weighted by molar-refractivity contribution is -0.123. The Balaban J connectivity index is 1.68. The van der Waals surface area contributed by atoms with Crippen LogP contribution in [-0.4, -0.2) is 17.0 Å². The van der Waals surface area contributed by atoms with Gasteiger partial charge in [0, 0.05) is 11.6 Å². The minimum Gasteiger partial charge on any atom is -0.478 e. The first-order valence-electron chi connectivity index (χ1n) is 8.71. The van der Waals surface area contributed by atoms with Crippen molar-refractivity contribution >= 4 is 11.9 Å². The monoisotopic (exact) mass is 377 g/mol. The van der Waals surface area contributed by atoms with Crippen molar-refractivity contribution in [2.24, 2.45) is 0 Å². The molecule has 3 aliphatic rings. The molecule has 6 heteroatoms. The fraction of sp³-hybridized carbons (Fsp3) is 0.0909. The maximum absolute atomic E-state index is 14.2. The number of hydrogen-bond acceptors (Lipinski definition) is 2. The highest BCUT2D eigenvalue weighted by atomic mass is 19.1. The molecule has 0 saturated heterocycles. The number of carbonyl (C=O) groups excluding carboxylic acids is 1. The first-order chi connectivity index (χ1) is 13.4. The lowest BCUT2D eigenvalue weighted by Crippen LogP contribution is -2.44. The predicted molar refractivity (Wildman–Crippen MR) is 97.0 cm³/mol. The highest BCUT2D eigenvalue weighted by molar-refractivity contribution is 5.95. The summed E-state index contributed by atoms with van der Waals surface area (Å²) in [4.78, 5) is 23.9. The van der Waals surface area contributed by atoms with E-state index in [4.69, 9.17) is 0 Å². The van der Waals surface area contributed by atoms with Crippen LogP contribution >= 0.6 is 0 Å². The number of aromatic carboxylic acids is 1. The molecule has 0 radical (unpaired) electrons. The second-order valence-corrected chi connectivity index (χ2v) is 6.99. The Morgan fingerprint density at radius 1 is 0.893 bits per heavy atom. The van der Waals surface area contributed by atoms with Gasteiger partial charge in [-0.05, 0) is 58.1 Å². The SMILES string of the molecule is O=C(O)c1ccc2c(c1)C1NC(=O)C2c2ccc(-c3ccc(F)cc3F)cc21. The molecule has 0 fully saturated rings. The molecule has 0 aromatic heterocycles. The molecule has 3 aromatic carbocycles. The van der Waals surface area contributed by atoms with Gasteiger partial charge in [0.2, 0.25) is 5.91 Å². The van der Waals surface area contributed by atoms with Crippen LogP contribution in [-0.2, 0) is 4.79 Å². The zero-order chi connectivity index (χ0) is 19.6. The van der Waals surface area contributed by atoms with Crippen molar-refractivity contribution in [2.75, 3.05) is 0 Å². The molecule has 0 saturated carbocycles. The average Bonchev–Trinajstić information content (AvgIpc) is 2.67. The van der Waals surface area contributed by atoms with Crippen LogP contribution < -0.4 is 5.32 Å². The Kier molecular flexibility index (Phi) is 3.40. The third kappa shape index (κ3) is 2.27. The van der Waals surface area contributed by atoms with Crippen LogP contribution in [0.25, 0.3) is 11.1 Å². The van der Waals surface area contributed by atoms with Crippen LogP contribution in [0.3, 0.4) is 0 Å². The average molecular weight is 377 g/mol. The normalized spacial score (nSPS) is 19.0. The molecule has 1 amide bonds. The van der Waals surface area contributed by atoms with E-state index in [-0.39, 0.29) is 17.0 Å². The van der Waals surface area contributed by atoms with Gasteiger partial charge in [-0.1, -0.05) is 18.2 Å². The number of carboxylic acid groups (broad SMARTS) is 1. The highest BCUT2D eigenvalue weighted by Crippen LogP contribution is 2.47. The van der Waals surface area contributed by atoms with Gasteiger partial charge < -0.3 is 10.4 Å². The van der Waals surface area contributed by atoms with Crippen molar-refractivity contribution in [3.8, 4) is 11.1 Å². The lowest BCUT2D eigenvalue weighted by Gasteiger charge is -2.40. The van der Waals surface area contributed by atoms with E-state index in [1.807, 2.05) is 0 Å². The summed E-state index contributed by atoms with van der Waals surface area (Å²) < 4.78 is 27.5. The molecule has 1 aliphatic carbocycles. The van der Waals surface area contributed by atoms with Crippen LogP contribution in [0.4, 0.5) is 8.78 Å². The largest absolute Gasteiger partial charge is 0.478 e. The Labute approximate surface area is 158 Å². The van der Waals surface area contributed by atoms with Gasteiger partial charge in [0.1, 0.15) is 11.6 Å². The number of amides is 1. The zero-order valence-corrected chi connectivity index (χ0v) is 14.4. The standard InChI is InChI=1S/C22H13F2NO3/c23-12-3-6-13(18(24)9-12)10-1-4-14-16(7-10)20-17-8-11(22(27)28)2-5-15(17)19(14)21(26)25-20/h1-9,19-20H,(H,25,26)(H,27,28). The molecule has 0 spiro atoms. The third-order valence-electron chi connectivity index (χ3n) is 5.46. The molecule has 138 valence electrons. The summed E-state index contributed by atoms with van der Waals surface area (Å²) in [6, 6.07) is 12.9. The number of nitrogens with one attached hydrogen (secondary N) is 1. The van der Waals surface area contributed by atoms with E-state index in [2.05, 4.69) is 5.32 Å². The fourth-order valence-electron chi connectivity index (χ4n) is 4.20. The van der Waals surface area contributed by atoms with Crippen molar-refractivity contribution < 1.29 is 23.5 Å². The van der Waals surface area contributed by atoms with Gasteiger partial charge >= 0.3 is 5.97 Å². The smallest absolute Gasteiger partial charge is 0.335 e. The molecule has 4 nitrogen and oxygen atoms in total. The molecule has 2 bridgehead atoms. The van der Waals surface area contributed by atoms with E-state index in [1.165, 1.54) is 18.2 Å². The molecule has 28 heavy (non-hydrogen) atoms. The Morgan fingerprint density at radius 3 is 2.32 bits per heavy atom. The van der Waals surface area contributed by atoms with Gasteiger partial charge in [-0.3, -0.25) is 4.79 Å². The van der Waals surface area contributed by atoms with Crippen LogP contribution in [0.15, 0.2) is 54.6 Å². The van der Waals surface area contributed by atoms with Gasteiger partial charge in [0.05, 0.1) is 17.5 Å². The van der Waals surface area contributed by atoms with Crippen LogP contribution in [0.2, 0.25) is 0 Å². The quantitative estimate of drug-likeness (QED) is 0.710.